The predicted octanol–water partition coefficient (Wildman–Crippen LogP) is 1.43. The third kappa shape index (κ3) is 3.60. The smallest absolute Gasteiger partial charge is 0.263 e. The molecule has 0 aliphatic carbocycles. The van der Waals surface area contributed by atoms with Gasteiger partial charge in [0.1, 0.15) is 0 Å². The fourth-order valence-electron chi connectivity index (χ4n) is 1.87. The summed E-state index contributed by atoms with van der Waals surface area (Å²) >= 11 is 1.26. The zero-order chi connectivity index (χ0) is 15.2. The second kappa shape index (κ2) is 7.21. The molecule has 2 rings (SSSR count). The maximum Gasteiger partial charge on any atom is 0.263 e. The van der Waals surface area contributed by atoms with Crippen molar-refractivity contribution in [2.24, 2.45) is 0 Å². The first-order valence-corrected chi connectivity index (χ1v) is 7.91. The second-order valence-corrected chi connectivity index (χ2v) is 5.40. The molecule has 2 aromatic heterocycles. The molecule has 1 amide bonds. The third-order valence-corrected chi connectivity index (χ3v) is 3.89. The van der Waals surface area contributed by atoms with E-state index in [1.165, 1.54) is 11.8 Å². The van der Waals surface area contributed by atoms with Gasteiger partial charge in [0.2, 0.25) is 5.91 Å². The molecule has 6 nitrogen and oxygen atoms in total. The molecule has 2 aromatic rings. The molecule has 0 unspecified atom stereocenters. The minimum Gasteiger partial charge on any atom is -0.355 e. The summed E-state index contributed by atoms with van der Waals surface area (Å²) in [7, 11) is 0. The first-order chi connectivity index (χ1) is 10.2. The number of hydrogen-bond donors (Lipinski definition) is 1. The molecule has 0 aliphatic rings. The van der Waals surface area contributed by atoms with E-state index in [4.69, 9.17) is 0 Å². The van der Waals surface area contributed by atoms with Crippen LogP contribution in [0.4, 0.5) is 0 Å². The standard InChI is InChI=1S/C14H18N4O2S/c1-3-7-15-11(19)9-21-14-17-12-10(6-5-8-16-12)13(20)18(14)4-2/h5-6,8H,3-4,7,9H2,1-2H3,(H,15,19). The number of aromatic nitrogens is 3. The molecule has 0 aromatic carbocycles. The predicted molar refractivity (Wildman–Crippen MR) is 83.5 cm³/mol. The lowest BCUT2D eigenvalue weighted by Crippen LogP contribution is -2.27. The molecule has 0 spiro atoms. The van der Waals surface area contributed by atoms with Gasteiger partial charge in [-0.3, -0.25) is 14.2 Å². The molecule has 0 saturated heterocycles. The number of nitrogens with one attached hydrogen (secondary N) is 1. The van der Waals surface area contributed by atoms with E-state index in [-0.39, 0.29) is 17.2 Å². The highest BCUT2D eigenvalue weighted by molar-refractivity contribution is 7.99. The minimum absolute atomic E-state index is 0.0557. The Morgan fingerprint density at radius 1 is 1.43 bits per heavy atom. The van der Waals surface area contributed by atoms with Crippen LogP contribution in [0, 0.1) is 0 Å². The van der Waals surface area contributed by atoms with Crippen LogP contribution in [-0.2, 0) is 11.3 Å². The number of nitrogens with zero attached hydrogens (tertiary/aromatic N) is 3. The van der Waals surface area contributed by atoms with Crippen molar-refractivity contribution in [2.75, 3.05) is 12.3 Å². The molecule has 0 atom stereocenters. The molecule has 0 radical (unpaired) electrons. The van der Waals surface area contributed by atoms with E-state index in [0.29, 0.717) is 29.3 Å². The molecule has 1 N–H and O–H groups in total. The maximum atomic E-state index is 12.4. The van der Waals surface area contributed by atoms with Gasteiger partial charge in [-0.05, 0) is 25.5 Å². The van der Waals surface area contributed by atoms with Gasteiger partial charge in [0.25, 0.3) is 5.56 Å². The van der Waals surface area contributed by atoms with Crippen LogP contribution in [0.5, 0.6) is 0 Å². The van der Waals surface area contributed by atoms with Crippen molar-refractivity contribution in [2.45, 2.75) is 32.0 Å². The molecule has 2 heterocycles. The highest BCUT2D eigenvalue weighted by Crippen LogP contribution is 2.16. The lowest BCUT2D eigenvalue weighted by atomic mass is 10.3. The summed E-state index contributed by atoms with van der Waals surface area (Å²) in [6, 6.07) is 3.43. The topological polar surface area (TPSA) is 76.9 Å². The van der Waals surface area contributed by atoms with Gasteiger partial charge in [-0.1, -0.05) is 18.7 Å². The second-order valence-electron chi connectivity index (χ2n) is 4.46. The highest BCUT2D eigenvalue weighted by atomic mass is 32.2. The molecule has 112 valence electrons. The van der Waals surface area contributed by atoms with E-state index in [0.717, 1.165) is 6.42 Å². The van der Waals surface area contributed by atoms with Gasteiger partial charge in [-0.25, -0.2) is 9.97 Å². The SMILES string of the molecule is CCCNC(=O)CSc1nc2ncccc2c(=O)n1CC. The number of rotatable bonds is 6. The van der Waals surface area contributed by atoms with Crippen LogP contribution in [-0.4, -0.2) is 32.7 Å². The van der Waals surface area contributed by atoms with Gasteiger partial charge in [0.15, 0.2) is 10.8 Å². The van der Waals surface area contributed by atoms with Crippen molar-refractivity contribution in [3.05, 3.63) is 28.7 Å². The van der Waals surface area contributed by atoms with Crippen LogP contribution in [0.1, 0.15) is 20.3 Å². The van der Waals surface area contributed by atoms with Crippen molar-refractivity contribution in [3.63, 3.8) is 0 Å². The fourth-order valence-corrected chi connectivity index (χ4v) is 2.75. The summed E-state index contributed by atoms with van der Waals surface area (Å²) < 4.78 is 1.57. The van der Waals surface area contributed by atoms with Crippen molar-refractivity contribution in [1.29, 1.82) is 0 Å². The van der Waals surface area contributed by atoms with E-state index in [2.05, 4.69) is 15.3 Å². The molecule has 21 heavy (non-hydrogen) atoms. The molecule has 7 heteroatoms. The first-order valence-electron chi connectivity index (χ1n) is 6.92. The monoisotopic (exact) mass is 306 g/mol. The lowest BCUT2D eigenvalue weighted by molar-refractivity contribution is -0.118. The van der Waals surface area contributed by atoms with Gasteiger partial charge in [0.05, 0.1) is 11.1 Å². The zero-order valence-corrected chi connectivity index (χ0v) is 12.9. The van der Waals surface area contributed by atoms with Gasteiger partial charge in [-0.2, -0.15) is 0 Å². The zero-order valence-electron chi connectivity index (χ0n) is 12.1. The van der Waals surface area contributed by atoms with E-state index in [1.807, 2.05) is 13.8 Å². The number of pyridine rings is 1. The minimum atomic E-state index is -0.118. The van der Waals surface area contributed by atoms with E-state index < -0.39 is 0 Å². The summed E-state index contributed by atoms with van der Waals surface area (Å²) in [4.78, 5) is 32.5. The number of carbonyl (C=O) groups is 1. The summed E-state index contributed by atoms with van der Waals surface area (Å²) in [6.07, 6.45) is 2.50. The summed E-state index contributed by atoms with van der Waals surface area (Å²) in [5.74, 6) is 0.185. The average Bonchev–Trinajstić information content (AvgIpc) is 2.51. The molecular weight excluding hydrogens is 288 g/mol. The Labute approximate surface area is 127 Å². The van der Waals surface area contributed by atoms with Crippen molar-refractivity contribution >= 4 is 28.7 Å². The maximum absolute atomic E-state index is 12.4. The summed E-state index contributed by atoms with van der Waals surface area (Å²) in [6.45, 7) is 5.05. The quantitative estimate of drug-likeness (QED) is 0.645. The Balaban J connectivity index is 2.26. The average molecular weight is 306 g/mol. The first kappa shape index (κ1) is 15.5. The Bertz CT molecular complexity index is 699. The Morgan fingerprint density at radius 3 is 2.95 bits per heavy atom. The van der Waals surface area contributed by atoms with E-state index in [9.17, 15) is 9.59 Å². The van der Waals surface area contributed by atoms with E-state index in [1.54, 1.807) is 22.9 Å². The molecule has 0 saturated carbocycles. The van der Waals surface area contributed by atoms with Gasteiger partial charge in [-0.15, -0.1) is 0 Å². The van der Waals surface area contributed by atoms with Gasteiger partial charge in [0, 0.05) is 19.3 Å². The van der Waals surface area contributed by atoms with Crippen LogP contribution >= 0.6 is 11.8 Å². The molecule has 0 bridgehead atoms. The fraction of sp³-hybridized carbons (Fsp3) is 0.429. The van der Waals surface area contributed by atoms with Crippen LogP contribution in [0.2, 0.25) is 0 Å². The Hall–Kier alpha value is -1.89. The van der Waals surface area contributed by atoms with Crippen molar-refractivity contribution in [3.8, 4) is 0 Å². The van der Waals surface area contributed by atoms with Crippen LogP contribution < -0.4 is 10.9 Å². The van der Waals surface area contributed by atoms with Crippen LogP contribution in [0.25, 0.3) is 11.0 Å². The Kier molecular flexibility index (Phi) is 5.32. The number of hydrogen-bond acceptors (Lipinski definition) is 5. The lowest BCUT2D eigenvalue weighted by Gasteiger charge is -2.10. The normalized spacial score (nSPS) is 10.8. The van der Waals surface area contributed by atoms with Gasteiger partial charge < -0.3 is 5.32 Å². The van der Waals surface area contributed by atoms with Crippen LogP contribution in [0.15, 0.2) is 28.3 Å². The Morgan fingerprint density at radius 2 is 2.24 bits per heavy atom. The van der Waals surface area contributed by atoms with E-state index >= 15 is 0 Å². The summed E-state index contributed by atoms with van der Waals surface area (Å²) in [5.41, 5.74) is 0.302. The molecular formula is C14H18N4O2S. The number of thioether (sulfide) groups is 1. The highest BCUT2D eigenvalue weighted by Gasteiger charge is 2.12. The van der Waals surface area contributed by atoms with Crippen molar-refractivity contribution in [1.82, 2.24) is 19.9 Å². The number of amides is 1. The third-order valence-electron chi connectivity index (χ3n) is 2.92. The van der Waals surface area contributed by atoms with Crippen LogP contribution in [0.3, 0.4) is 0 Å². The number of carbonyl (C=O) groups excluding carboxylic acids is 1. The van der Waals surface area contributed by atoms with Crippen molar-refractivity contribution < 1.29 is 4.79 Å². The van der Waals surface area contributed by atoms with Gasteiger partial charge >= 0.3 is 0 Å². The molecule has 0 fully saturated rings. The largest absolute Gasteiger partial charge is 0.355 e. The summed E-state index contributed by atoms with van der Waals surface area (Å²) in [5, 5.41) is 3.83. The number of fused-ring (bicyclic) bond motifs is 1. The molecule has 0 aliphatic heterocycles.